The third-order valence-electron chi connectivity index (χ3n) is 2.99. The first-order chi connectivity index (χ1) is 14.8. The van der Waals surface area contributed by atoms with E-state index in [1.54, 1.807) is 0 Å². The normalized spacial score (nSPS) is 9.93. The monoisotopic (exact) mass is 440 g/mol. The summed E-state index contributed by atoms with van der Waals surface area (Å²) in [5.41, 5.74) is 0. The van der Waals surface area contributed by atoms with Crippen LogP contribution in [0.15, 0.2) is 0 Å². The molecular weight excluding hydrogens is 392 g/mol. The minimum Gasteiger partial charge on any atom is -0.379 e. The van der Waals surface area contributed by atoms with Gasteiger partial charge in [-0.3, -0.25) is 4.79 Å². The van der Waals surface area contributed by atoms with Crippen molar-refractivity contribution in [2.24, 2.45) is 0 Å². The van der Waals surface area contributed by atoms with Crippen molar-refractivity contribution >= 4 is 5.91 Å². The molecule has 0 aliphatic carbocycles. The molecule has 0 unspecified atom stereocenters. The Morgan fingerprint density at radius 1 is 0.600 bits per heavy atom. The lowest BCUT2D eigenvalue weighted by molar-refractivity contribution is -0.126. The van der Waals surface area contributed by atoms with Crippen molar-refractivity contribution in [1.82, 2.24) is 10.6 Å². The fourth-order valence-electron chi connectivity index (χ4n) is 1.68. The van der Waals surface area contributed by atoms with Crippen LogP contribution in [0.4, 0.5) is 0 Å². The Bertz CT molecular complexity index is 299. The van der Waals surface area contributed by atoms with E-state index in [4.69, 9.17) is 28.4 Å². The molecule has 30 heavy (non-hydrogen) atoms. The topological polar surface area (TPSA) is 96.5 Å². The molecule has 0 saturated carbocycles. The average Bonchev–Trinajstić information content (AvgIpc) is 2.79. The molecule has 1 amide bonds. The summed E-state index contributed by atoms with van der Waals surface area (Å²) in [7, 11) is 1.88. The number of likely N-dealkylation sites (N-methyl/N-ethyl adjacent to an activating group) is 1. The fraction of sp³-hybridized carbons (Fsp3) is 0.952. The van der Waals surface area contributed by atoms with Crippen LogP contribution in [0.1, 0.15) is 34.6 Å². The highest BCUT2D eigenvalue weighted by molar-refractivity contribution is 5.77. The highest BCUT2D eigenvalue weighted by Crippen LogP contribution is 1.83. The summed E-state index contributed by atoms with van der Waals surface area (Å²) in [4.78, 5) is 11.5. The predicted octanol–water partition coefficient (Wildman–Crippen LogP) is 1.49. The zero-order valence-corrected chi connectivity index (χ0v) is 20.3. The Morgan fingerprint density at radius 2 is 1.00 bits per heavy atom. The summed E-state index contributed by atoms with van der Waals surface area (Å²) in [5, 5.41) is 5.71. The smallest absolute Gasteiger partial charge is 0.246 e. The molecule has 0 spiro atoms. The van der Waals surface area contributed by atoms with Crippen LogP contribution < -0.4 is 10.6 Å². The Kier molecular flexibility index (Phi) is 40.1. The van der Waals surface area contributed by atoms with Gasteiger partial charge >= 0.3 is 0 Å². The van der Waals surface area contributed by atoms with E-state index < -0.39 is 0 Å². The van der Waals surface area contributed by atoms with Gasteiger partial charge in [-0.25, -0.2) is 0 Å². The molecule has 0 radical (unpaired) electrons. The molecule has 184 valence electrons. The predicted molar refractivity (Wildman–Crippen MR) is 120 cm³/mol. The molecule has 2 N–H and O–H groups in total. The molecule has 0 bridgehead atoms. The molecule has 0 aliphatic heterocycles. The van der Waals surface area contributed by atoms with Crippen molar-refractivity contribution in [1.29, 1.82) is 0 Å². The lowest BCUT2D eigenvalue weighted by Crippen LogP contribution is -2.31. The molecule has 9 nitrogen and oxygen atoms in total. The number of rotatable bonds is 21. The van der Waals surface area contributed by atoms with Crippen LogP contribution in [-0.4, -0.2) is 105 Å². The average molecular weight is 441 g/mol. The quantitative estimate of drug-likeness (QED) is 0.259. The number of amides is 1. The van der Waals surface area contributed by atoms with Crippen LogP contribution in [0.5, 0.6) is 0 Å². The van der Waals surface area contributed by atoms with Crippen molar-refractivity contribution in [2.45, 2.75) is 34.6 Å². The number of nitrogens with one attached hydrogen (secondary N) is 2. The molecule has 0 atom stereocenters. The third-order valence-corrected chi connectivity index (χ3v) is 2.99. The summed E-state index contributed by atoms with van der Waals surface area (Å²) in [6.07, 6.45) is 0. The maximum atomic E-state index is 11.5. The Morgan fingerprint density at radius 3 is 1.47 bits per heavy atom. The standard InChI is InChI=1S/C17H36N2O7.2C2H6/c1-3-21-8-9-24-12-13-25-14-15-26-16-17(20)19-5-7-23-11-10-22-6-4-18-2;2*1-2/h18H,3-16H2,1-2H3,(H,19,20);2*1-2H3. The van der Waals surface area contributed by atoms with Crippen molar-refractivity contribution in [3.05, 3.63) is 0 Å². The van der Waals surface area contributed by atoms with Gasteiger partial charge in [-0.15, -0.1) is 0 Å². The number of ether oxygens (including phenoxy) is 6. The zero-order chi connectivity index (χ0) is 23.1. The molecule has 0 fully saturated rings. The molecule has 0 heterocycles. The lowest BCUT2D eigenvalue weighted by Gasteiger charge is -2.08. The Balaban J connectivity index is -0.00000171. The molecule has 0 aliphatic rings. The largest absolute Gasteiger partial charge is 0.379 e. The zero-order valence-electron chi connectivity index (χ0n) is 20.3. The first-order valence-electron chi connectivity index (χ1n) is 11.2. The van der Waals surface area contributed by atoms with Crippen LogP contribution >= 0.6 is 0 Å². The first kappa shape index (κ1) is 33.8. The molecular formula is C21H48N2O7. The van der Waals surface area contributed by atoms with E-state index in [1.165, 1.54) is 0 Å². The van der Waals surface area contributed by atoms with Crippen molar-refractivity contribution in [3.63, 3.8) is 0 Å². The van der Waals surface area contributed by atoms with Gasteiger partial charge < -0.3 is 39.1 Å². The van der Waals surface area contributed by atoms with E-state index in [-0.39, 0.29) is 12.5 Å². The molecule has 9 heteroatoms. The van der Waals surface area contributed by atoms with Gasteiger partial charge in [-0.2, -0.15) is 0 Å². The molecule has 0 rings (SSSR count). The highest BCUT2D eigenvalue weighted by atomic mass is 16.6. The van der Waals surface area contributed by atoms with E-state index in [1.807, 2.05) is 41.7 Å². The Hall–Kier alpha value is -0.810. The summed E-state index contributed by atoms with van der Waals surface area (Å²) in [6, 6.07) is 0. The van der Waals surface area contributed by atoms with Crippen molar-refractivity contribution < 1.29 is 33.2 Å². The van der Waals surface area contributed by atoms with Crippen LogP contribution in [0, 0.1) is 0 Å². The number of carbonyl (C=O) groups excluding carboxylic acids is 1. The van der Waals surface area contributed by atoms with Gasteiger partial charge in [0, 0.05) is 19.7 Å². The van der Waals surface area contributed by atoms with Gasteiger partial charge in [-0.1, -0.05) is 27.7 Å². The van der Waals surface area contributed by atoms with E-state index >= 15 is 0 Å². The number of carbonyl (C=O) groups is 1. The minimum atomic E-state index is -0.168. The van der Waals surface area contributed by atoms with Crippen LogP contribution in [0.2, 0.25) is 0 Å². The molecule has 0 aromatic carbocycles. The SMILES string of the molecule is CC.CC.CCOCCOCCOCCOCC(=O)NCCOCCOCCNC. The van der Waals surface area contributed by atoms with Crippen LogP contribution in [0.3, 0.4) is 0 Å². The lowest BCUT2D eigenvalue weighted by atomic mass is 10.6. The third kappa shape index (κ3) is 34.7. The van der Waals surface area contributed by atoms with Gasteiger partial charge in [0.1, 0.15) is 6.61 Å². The molecule has 0 aromatic rings. The Labute approximate surface area is 184 Å². The van der Waals surface area contributed by atoms with Gasteiger partial charge in [0.25, 0.3) is 0 Å². The van der Waals surface area contributed by atoms with Crippen LogP contribution in [-0.2, 0) is 33.2 Å². The summed E-state index contributed by atoms with van der Waals surface area (Å²) >= 11 is 0. The van der Waals surface area contributed by atoms with E-state index in [2.05, 4.69) is 10.6 Å². The second kappa shape index (κ2) is 35.6. The van der Waals surface area contributed by atoms with E-state index in [0.717, 1.165) is 6.54 Å². The second-order valence-corrected chi connectivity index (χ2v) is 5.15. The first-order valence-corrected chi connectivity index (χ1v) is 11.2. The number of hydrogen-bond donors (Lipinski definition) is 2. The molecule has 0 saturated heterocycles. The van der Waals surface area contributed by atoms with E-state index in [9.17, 15) is 4.79 Å². The fourth-order valence-corrected chi connectivity index (χ4v) is 1.68. The van der Waals surface area contributed by atoms with Gasteiger partial charge in [0.2, 0.25) is 5.91 Å². The maximum absolute atomic E-state index is 11.5. The summed E-state index contributed by atoms with van der Waals surface area (Å²) < 4.78 is 31.6. The van der Waals surface area contributed by atoms with Gasteiger partial charge in [-0.05, 0) is 14.0 Å². The minimum absolute atomic E-state index is 0.0152. The van der Waals surface area contributed by atoms with Gasteiger partial charge in [0.05, 0.1) is 66.1 Å². The number of hydrogen-bond acceptors (Lipinski definition) is 8. The van der Waals surface area contributed by atoms with Crippen LogP contribution in [0.25, 0.3) is 0 Å². The van der Waals surface area contributed by atoms with Crippen molar-refractivity contribution in [3.8, 4) is 0 Å². The highest BCUT2D eigenvalue weighted by Gasteiger charge is 2.00. The van der Waals surface area contributed by atoms with Crippen molar-refractivity contribution in [2.75, 3.05) is 99.4 Å². The van der Waals surface area contributed by atoms with E-state index in [0.29, 0.717) is 79.2 Å². The molecule has 0 aromatic heterocycles. The van der Waals surface area contributed by atoms with Gasteiger partial charge in [0.15, 0.2) is 0 Å². The summed E-state index contributed by atoms with van der Waals surface area (Å²) in [5.74, 6) is -0.168. The second-order valence-electron chi connectivity index (χ2n) is 5.15. The maximum Gasteiger partial charge on any atom is 0.246 e. The summed E-state index contributed by atoms with van der Waals surface area (Å²) in [6.45, 7) is 17.1.